The quantitative estimate of drug-likeness (QED) is 0.0465. The minimum atomic E-state index is -0.818. The Bertz CT molecular complexity index is 906. The normalized spacial score (nSPS) is 13.2. The van der Waals surface area contributed by atoms with Crippen molar-refractivity contribution in [3.05, 3.63) is 85.1 Å². The Morgan fingerprint density at radius 2 is 0.957 bits per heavy atom. The number of carbonyl (C=O) groups excluding carboxylic acids is 2. The van der Waals surface area contributed by atoms with Crippen LogP contribution in [0.3, 0.4) is 0 Å². The molecule has 0 radical (unpaired) electrons. The predicted octanol–water partition coefficient (Wildman–Crippen LogP) is 11.2. The molecule has 1 N–H and O–H groups in total. The minimum Gasteiger partial charge on any atom is -0.462 e. The number of ether oxygens (including phenoxy) is 2. The van der Waals surface area contributed by atoms with E-state index in [1.807, 2.05) is 0 Å². The number of rotatable bonds is 31. The van der Waals surface area contributed by atoms with Crippen LogP contribution < -0.4 is 0 Å². The molecule has 0 rings (SSSR count). The average Bonchev–Trinajstić information content (AvgIpc) is 3.06. The van der Waals surface area contributed by atoms with E-state index in [0.717, 1.165) is 64.2 Å². The van der Waals surface area contributed by atoms with Crippen molar-refractivity contribution in [2.45, 2.75) is 148 Å². The second-order valence-electron chi connectivity index (χ2n) is 11.6. The van der Waals surface area contributed by atoms with Gasteiger partial charge in [-0.15, -0.1) is 0 Å². The fraction of sp³-hybridized carbons (Fsp3) is 0.610. The molecule has 0 aliphatic carbocycles. The molecule has 46 heavy (non-hydrogen) atoms. The van der Waals surface area contributed by atoms with Crippen LogP contribution in [0.1, 0.15) is 142 Å². The van der Waals surface area contributed by atoms with Gasteiger partial charge in [0.05, 0.1) is 6.61 Å². The zero-order chi connectivity index (χ0) is 33.6. The van der Waals surface area contributed by atoms with Gasteiger partial charge in [-0.1, -0.05) is 131 Å². The van der Waals surface area contributed by atoms with Crippen molar-refractivity contribution in [2.75, 3.05) is 13.2 Å². The Morgan fingerprint density at radius 3 is 1.48 bits per heavy atom. The lowest BCUT2D eigenvalue weighted by molar-refractivity contribution is -0.161. The van der Waals surface area contributed by atoms with Gasteiger partial charge in [0.2, 0.25) is 0 Å². The molecule has 0 aliphatic heterocycles. The summed E-state index contributed by atoms with van der Waals surface area (Å²) >= 11 is 0. The number of carbonyl (C=O) groups is 2. The number of hydrogen-bond acceptors (Lipinski definition) is 5. The van der Waals surface area contributed by atoms with E-state index < -0.39 is 6.10 Å². The van der Waals surface area contributed by atoms with E-state index in [2.05, 4.69) is 98.9 Å². The van der Waals surface area contributed by atoms with Crippen molar-refractivity contribution in [1.29, 1.82) is 0 Å². The summed E-state index contributed by atoms with van der Waals surface area (Å²) in [6.45, 7) is 3.91. The Labute approximate surface area is 282 Å². The molecule has 1 unspecified atom stereocenters. The first-order chi connectivity index (χ1) is 22.6. The molecule has 0 aromatic heterocycles. The standard InChI is InChI=1S/C41H66O5/c1-3-5-7-9-11-13-15-17-19-20-22-24-26-28-30-32-34-36-41(44)46-39(37-42)38-45-40(43)35-33-31-29-27-25-23-21-18-16-14-12-10-8-6-4-2/h6,8,12,14,17-19,21-22,24-25,27-28,30,39,42H,3-5,7,9-11,13,15-16,20,23,26,29,31-38H2,1-2H3. The topological polar surface area (TPSA) is 72.8 Å². The van der Waals surface area contributed by atoms with Gasteiger partial charge in [-0.05, 0) is 83.5 Å². The number of aliphatic hydroxyl groups excluding tert-OH is 1. The van der Waals surface area contributed by atoms with E-state index in [0.29, 0.717) is 12.8 Å². The molecule has 5 nitrogen and oxygen atoms in total. The number of esters is 2. The molecule has 0 heterocycles. The molecule has 1 atom stereocenters. The van der Waals surface area contributed by atoms with Crippen LogP contribution >= 0.6 is 0 Å². The van der Waals surface area contributed by atoms with Crippen LogP contribution in [0.25, 0.3) is 0 Å². The van der Waals surface area contributed by atoms with Gasteiger partial charge in [0.25, 0.3) is 0 Å². The first-order valence-corrected chi connectivity index (χ1v) is 18.1. The number of aliphatic hydroxyl groups is 1. The highest BCUT2D eigenvalue weighted by atomic mass is 16.6. The molecule has 0 amide bonds. The van der Waals surface area contributed by atoms with E-state index >= 15 is 0 Å². The molecule has 0 spiro atoms. The molecular formula is C41H66O5. The maximum atomic E-state index is 12.1. The van der Waals surface area contributed by atoms with Gasteiger partial charge < -0.3 is 14.6 Å². The third kappa shape index (κ3) is 34.0. The first-order valence-electron chi connectivity index (χ1n) is 18.1. The minimum absolute atomic E-state index is 0.113. The lowest BCUT2D eigenvalue weighted by Gasteiger charge is -2.15. The molecule has 0 fully saturated rings. The molecule has 0 aromatic rings. The van der Waals surface area contributed by atoms with Crippen LogP contribution in [0.5, 0.6) is 0 Å². The van der Waals surface area contributed by atoms with Gasteiger partial charge in [0.1, 0.15) is 6.61 Å². The van der Waals surface area contributed by atoms with Crippen molar-refractivity contribution < 1.29 is 24.2 Å². The van der Waals surface area contributed by atoms with Crippen LogP contribution in [-0.4, -0.2) is 36.4 Å². The molecule has 260 valence electrons. The summed E-state index contributed by atoms with van der Waals surface area (Å²) in [7, 11) is 0. The third-order valence-corrected chi connectivity index (χ3v) is 7.17. The second-order valence-corrected chi connectivity index (χ2v) is 11.6. The summed E-state index contributed by atoms with van der Waals surface area (Å²) in [5.41, 5.74) is 0. The third-order valence-electron chi connectivity index (χ3n) is 7.17. The highest BCUT2D eigenvalue weighted by molar-refractivity contribution is 5.70. The highest BCUT2D eigenvalue weighted by Crippen LogP contribution is 2.08. The van der Waals surface area contributed by atoms with Crippen molar-refractivity contribution >= 4 is 11.9 Å². The number of hydrogen-bond donors (Lipinski definition) is 1. The molecule has 0 aliphatic rings. The highest BCUT2D eigenvalue weighted by Gasteiger charge is 2.15. The molecule has 5 heteroatoms. The Morgan fingerprint density at radius 1 is 0.522 bits per heavy atom. The summed E-state index contributed by atoms with van der Waals surface area (Å²) in [6, 6.07) is 0. The van der Waals surface area contributed by atoms with Crippen molar-refractivity contribution in [3.63, 3.8) is 0 Å². The zero-order valence-corrected chi connectivity index (χ0v) is 29.3. The first kappa shape index (κ1) is 43.1. The zero-order valence-electron chi connectivity index (χ0n) is 29.3. The van der Waals surface area contributed by atoms with E-state index in [-0.39, 0.29) is 31.6 Å². The Kier molecular flexibility index (Phi) is 34.2. The summed E-state index contributed by atoms with van der Waals surface area (Å²) in [6.07, 6.45) is 49.3. The average molecular weight is 639 g/mol. The van der Waals surface area contributed by atoms with Gasteiger partial charge >= 0.3 is 11.9 Å². The Hall–Kier alpha value is -2.92. The summed E-state index contributed by atoms with van der Waals surface area (Å²) in [5.74, 6) is -0.711. The van der Waals surface area contributed by atoms with E-state index in [9.17, 15) is 14.7 Å². The van der Waals surface area contributed by atoms with Crippen molar-refractivity contribution in [1.82, 2.24) is 0 Å². The number of unbranched alkanes of at least 4 members (excludes halogenated alkanes) is 9. The van der Waals surface area contributed by atoms with E-state index in [1.165, 1.54) is 44.9 Å². The van der Waals surface area contributed by atoms with Crippen LogP contribution in [0.2, 0.25) is 0 Å². The summed E-state index contributed by atoms with van der Waals surface area (Å²) in [5, 5.41) is 9.52. The van der Waals surface area contributed by atoms with Gasteiger partial charge in [-0.25, -0.2) is 0 Å². The van der Waals surface area contributed by atoms with Crippen LogP contribution in [-0.2, 0) is 19.1 Å². The van der Waals surface area contributed by atoms with Crippen LogP contribution in [0, 0.1) is 0 Å². The fourth-order valence-corrected chi connectivity index (χ4v) is 4.44. The largest absolute Gasteiger partial charge is 0.462 e. The SMILES string of the molecule is CCC=CCC=CCC=CCC=CCCCCC(=O)OCC(CO)OC(=O)CCCC=CCC=CCC=CCCCCCCCC. The fourth-order valence-electron chi connectivity index (χ4n) is 4.44. The van der Waals surface area contributed by atoms with Gasteiger partial charge in [0.15, 0.2) is 6.10 Å². The molecular weight excluding hydrogens is 572 g/mol. The molecule has 0 saturated carbocycles. The lowest BCUT2D eigenvalue weighted by atomic mass is 10.1. The monoisotopic (exact) mass is 638 g/mol. The molecule has 0 saturated heterocycles. The smallest absolute Gasteiger partial charge is 0.306 e. The van der Waals surface area contributed by atoms with Gasteiger partial charge in [-0.3, -0.25) is 9.59 Å². The lowest BCUT2D eigenvalue weighted by Crippen LogP contribution is -2.28. The van der Waals surface area contributed by atoms with E-state index in [1.54, 1.807) is 0 Å². The van der Waals surface area contributed by atoms with Crippen molar-refractivity contribution in [2.24, 2.45) is 0 Å². The maximum Gasteiger partial charge on any atom is 0.306 e. The van der Waals surface area contributed by atoms with Crippen LogP contribution in [0.15, 0.2) is 85.1 Å². The second kappa shape index (κ2) is 36.5. The maximum absolute atomic E-state index is 12.1. The van der Waals surface area contributed by atoms with Crippen molar-refractivity contribution in [3.8, 4) is 0 Å². The predicted molar refractivity (Wildman–Crippen MR) is 196 cm³/mol. The van der Waals surface area contributed by atoms with Crippen LogP contribution in [0.4, 0.5) is 0 Å². The van der Waals surface area contributed by atoms with E-state index in [4.69, 9.17) is 9.47 Å². The van der Waals surface area contributed by atoms with Gasteiger partial charge in [-0.2, -0.15) is 0 Å². The summed E-state index contributed by atoms with van der Waals surface area (Å²) in [4.78, 5) is 24.1. The Balaban J connectivity index is 3.77. The molecule has 0 aromatic carbocycles. The summed E-state index contributed by atoms with van der Waals surface area (Å²) < 4.78 is 10.5. The van der Waals surface area contributed by atoms with Gasteiger partial charge in [0, 0.05) is 12.8 Å². The number of allylic oxidation sites excluding steroid dienone is 14. The molecule has 0 bridgehead atoms.